The fourth-order valence-corrected chi connectivity index (χ4v) is 1.41. The number of hydrogen-bond donors (Lipinski definition) is 0. The third-order valence-corrected chi connectivity index (χ3v) is 2.81. The Balaban J connectivity index is 4.05. The molecule has 0 spiro atoms. The first-order valence-electron chi connectivity index (χ1n) is 3.76. The van der Waals surface area contributed by atoms with E-state index in [4.69, 9.17) is 0 Å². The molecule has 0 saturated carbocycles. The van der Waals surface area contributed by atoms with Crippen molar-refractivity contribution in [2.24, 2.45) is 0 Å². The van der Waals surface area contributed by atoms with Crippen LogP contribution in [0.4, 0.5) is 0 Å². The molecule has 0 fully saturated rings. The summed E-state index contributed by atoms with van der Waals surface area (Å²) in [5, 5.41) is 0. The van der Waals surface area contributed by atoms with Crippen LogP contribution in [0.3, 0.4) is 0 Å². The summed E-state index contributed by atoms with van der Waals surface area (Å²) in [6.07, 6.45) is 5.36. The minimum Gasteiger partial charge on any atom is -0.118 e. The molecule has 2 atom stereocenters. The zero-order chi connectivity index (χ0) is 7.98. The zero-order valence-corrected chi connectivity index (χ0v) is 8.15. The third-order valence-electron chi connectivity index (χ3n) is 1.61. The molecule has 0 aromatic carbocycles. The molecule has 0 aliphatic carbocycles. The van der Waals surface area contributed by atoms with Gasteiger partial charge >= 0.3 is 0 Å². The maximum absolute atomic E-state index is 3.78. The van der Waals surface area contributed by atoms with Crippen molar-refractivity contribution in [2.75, 3.05) is 6.66 Å². The van der Waals surface area contributed by atoms with Crippen molar-refractivity contribution in [3.63, 3.8) is 0 Å². The highest BCUT2D eigenvalue weighted by Crippen LogP contribution is 2.22. The molecule has 10 heavy (non-hydrogen) atoms. The highest BCUT2D eigenvalue weighted by Gasteiger charge is 1.99. The van der Waals surface area contributed by atoms with Crippen molar-refractivity contribution in [1.82, 2.24) is 0 Å². The van der Waals surface area contributed by atoms with Gasteiger partial charge in [-0.05, 0) is 24.3 Å². The predicted octanol–water partition coefficient (Wildman–Crippen LogP) is 3.21. The lowest BCUT2D eigenvalue weighted by molar-refractivity contribution is 1.11. The van der Waals surface area contributed by atoms with E-state index in [-0.39, 0.29) is 0 Å². The summed E-state index contributed by atoms with van der Waals surface area (Å²) in [4.78, 5) is 0. The summed E-state index contributed by atoms with van der Waals surface area (Å²) in [7, 11) is 0.989. The molecule has 0 bridgehead atoms. The van der Waals surface area contributed by atoms with E-state index in [9.17, 15) is 0 Å². The van der Waals surface area contributed by atoms with Gasteiger partial charge < -0.3 is 0 Å². The topological polar surface area (TPSA) is 0 Å². The Morgan fingerprint density at radius 3 is 2.60 bits per heavy atom. The first-order chi connectivity index (χ1) is 4.76. The smallest absolute Gasteiger partial charge is 0.00201 e. The van der Waals surface area contributed by atoms with Crippen LogP contribution in [-0.2, 0) is 0 Å². The number of allylic oxidation sites excluding steroid dienone is 3. The number of rotatable bonds is 4. The normalized spacial score (nSPS) is 16.1. The van der Waals surface area contributed by atoms with Gasteiger partial charge in [0, 0.05) is 0 Å². The van der Waals surface area contributed by atoms with Crippen LogP contribution in [0.15, 0.2) is 24.3 Å². The van der Waals surface area contributed by atoms with Gasteiger partial charge in [0.1, 0.15) is 0 Å². The highest BCUT2D eigenvalue weighted by molar-refractivity contribution is 7.38. The summed E-state index contributed by atoms with van der Waals surface area (Å²) in [6.45, 7) is 10.4. The Kier molecular flexibility index (Phi) is 5.63. The van der Waals surface area contributed by atoms with Gasteiger partial charge in [0.05, 0.1) is 0 Å². The molecule has 2 unspecified atom stereocenters. The van der Waals surface area contributed by atoms with Crippen molar-refractivity contribution in [1.29, 1.82) is 0 Å². The quantitative estimate of drug-likeness (QED) is 0.433. The fourth-order valence-electron chi connectivity index (χ4n) is 0.839. The first kappa shape index (κ1) is 9.91. The lowest BCUT2D eigenvalue weighted by Crippen LogP contribution is -1.95. The highest BCUT2D eigenvalue weighted by atomic mass is 31.1. The monoisotopic (exact) mass is 156 g/mol. The van der Waals surface area contributed by atoms with Crippen LogP contribution >= 0.6 is 8.58 Å². The molecule has 0 aliphatic rings. The van der Waals surface area contributed by atoms with E-state index >= 15 is 0 Å². The Bertz CT molecular complexity index is 125. The molecule has 0 aromatic rings. The summed E-state index contributed by atoms with van der Waals surface area (Å²) < 4.78 is 0. The van der Waals surface area contributed by atoms with E-state index in [0.717, 1.165) is 15.0 Å². The average Bonchev–Trinajstić information content (AvgIpc) is 1.99. The van der Waals surface area contributed by atoms with E-state index in [1.807, 2.05) is 6.08 Å². The maximum atomic E-state index is 3.78. The second-order valence-corrected chi connectivity index (χ2v) is 3.77. The van der Waals surface area contributed by atoms with Crippen LogP contribution in [0.2, 0.25) is 0 Å². The molecule has 0 saturated heterocycles. The van der Waals surface area contributed by atoms with E-state index < -0.39 is 0 Å². The minimum atomic E-state index is 0.706. The summed E-state index contributed by atoms with van der Waals surface area (Å²) >= 11 is 0. The average molecular weight is 156 g/mol. The van der Waals surface area contributed by atoms with Gasteiger partial charge in [-0.25, -0.2) is 0 Å². The molecule has 1 heteroatoms. The molecule has 0 nitrogen and oxygen atoms in total. The standard InChI is InChI=1S/C9H17P/c1-5-7-9(6-2)8(3)10-4/h6-8,10H,2,5H2,1,3-4H3/b9-7+. The van der Waals surface area contributed by atoms with Crippen molar-refractivity contribution in [3.05, 3.63) is 24.3 Å². The van der Waals surface area contributed by atoms with Gasteiger partial charge in [-0.1, -0.05) is 32.6 Å². The van der Waals surface area contributed by atoms with Crippen LogP contribution < -0.4 is 0 Å². The van der Waals surface area contributed by atoms with E-state index in [1.54, 1.807) is 0 Å². The summed E-state index contributed by atoms with van der Waals surface area (Å²) in [6, 6.07) is 0. The van der Waals surface area contributed by atoms with Crippen LogP contribution in [0.5, 0.6) is 0 Å². The van der Waals surface area contributed by atoms with Crippen LogP contribution in [0, 0.1) is 0 Å². The molecule has 0 rings (SSSR count). The molecule has 0 aromatic heterocycles. The van der Waals surface area contributed by atoms with Crippen molar-refractivity contribution in [2.45, 2.75) is 25.9 Å². The molecule has 0 heterocycles. The SMILES string of the molecule is C=C/C(=C\CC)C(C)PC. The summed E-state index contributed by atoms with van der Waals surface area (Å²) in [5.74, 6) is 0. The van der Waals surface area contributed by atoms with Crippen molar-refractivity contribution in [3.8, 4) is 0 Å². The van der Waals surface area contributed by atoms with Gasteiger partial charge in [0.25, 0.3) is 0 Å². The molecule has 0 amide bonds. The van der Waals surface area contributed by atoms with Crippen LogP contribution in [0.1, 0.15) is 20.3 Å². The van der Waals surface area contributed by atoms with Crippen LogP contribution in [0.25, 0.3) is 0 Å². The predicted molar refractivity (Wildman–Crippen MR) is 52.3 cm³/mol. The molecule has 0 N–H and O–H groups in total. The molecular weight excluding hydrogens is 139 g/mol. The van der Waals surface area contributed by atoms with Crippen molar-refractivity contribution < 1.29 is 0 Å². The van der Waals surface area contributed by atoms with E-state index in [2.05, 4.69) is 33.2 Å². The van der Waals surface area contributed by atoms with Crippen LogP contribution in [-0.4, -0.2) is 12.3 Å². The lowest BCUT2D eigenvalue weighted by Gasteiger charge is -2.08. The molecule has 0 aliphatic heterocycles. The van der Waals surface area contributed by atoms with E-state index in [0.29, 0.717) is 5.66 Å². The maximum Gasteiger partial charge on any atom is -0.00201 e. The van der Waals surface area contributed by atoms with Crippen molar-refractivity contribution >= 4 is 8.58 Å². The molecule has 58 valence electrons. The largest absolute Gasteiger partial charge is 0.118 e. The first-order valence-corrected chi connectivity index (χ1v) is 5.33. The second kappa shape index (κ2) is 5.68. The Labute approximate surface area is 66.2 Å². The zero-order valence-electron chi connectivity index (χ0n) is 7.15. The Morgan fingerprint density at radius 2 is 2.30 bits per heavy atom. The minimum absolute atomic E-state index is 0.706. The van der Waals surface area contributed by atoms with Gasteiger partial charge in [-0.15, -0.1) is 8.58 Å². The Hall–Kier alpha value is -0.0900. The summed E-state index contributed by atoms with van der Waals surface area (Å²) in [5.41, 5.74) is 2.11. The fraction of sp³-hybridized carbons (Fsp3) is 0.556. The Morgan fingerprint density at radius 1 is 1.70 bits per heavy atom. The van der Waals surface area contributed by atoms with Gasteiger partial charge in [-0.2, -0.15) is 0 Å². The molecule has 0 radical (unpaired) electrons. The third kappa shape index (κ3) is 3.17. The lowest BCUT2D eigenvalue weighted by atomic mass is 10.1. The molecular formula is C9H17P. The van der Waals surface area contributed by atoms with Gasteiger partial charge in [0.2, 0.25) is 0 Å². The van der Waals surface area contributed by atoms with Gasteiger partial charge in [0.15, 0.2) is 0 Å². The second-order valence-electron chi connectivity index (χ2n) is 2.33. The van der Waals surface area contributed by atoms with E-state index in [1.165, 1.54) is 5.57 Å². The van der Waals surface area contributed by atoms with Gasteiger partial charge in [-0.3, -0.25) is 0 Å². The number of hydrogen-bond acceptors (Lipinski definition) is 0.